The molecule has 1 N–H and O–H groups in total. The van der Waals surface area contributed by atoms with Gasteiger partial charge in [-0.3, -0.25) is 0 Å². The number of halogens is 1. The van der Waals surface area contributed by atoms with Crippen LogP contribution < -0.4 is 0 Å². The average molecular weight is 180 g/mol. The van der Waals surface area contributed by atoms with Crippen molar-refractivity contribution in [2.45, 2.75) is 6.42 Å². The van der Waals surface area contributed by atoms with Crippen molar-refractivity contribution in [1.82, 2.24) is 9.38 Å². The second-order valence-electron chi connectivity index (χ2n) is 2.79. The van der Waals surface area contributed by atoms with Gasteiger partial charge in [-0.25, -0.2) is 9.37 Å². The first-order valence-corrected chi connectivity index (χ1v) is 4.03. The molecule has 0 bridgehead atoms. The summed E-state index contributed by atoms with van der Waals surface area (Å²) in [5.74, 6) is 0.377. The molecule has 0 aromatic carbocycles. The molecule has 0 saturated heterocycles. The van der Waals surface area contributed by atoms with Crippen molar-refractivity contribution in [2.75, 3.05) is 6.61 Å². The van der Waals surface area contributed by atoms with Gasteiger partial charge < -0.3 is 9.51 Å². The van der Waals surface area contributed by atoms with E-state index in [0.717, 1.165) is 5.52 Å². The molecule has 0 saturated carbocycles. The maximum atomic E-state index is 12.8. The van der Waals surface area contributed by atoms with Gasteiger partial charge in [0, 0.05) is 12.6 Å². The maximum Gasteiger partial charge on any atom is 0.139 e. The van der Waals surface area contributed by atoms with Crippen molar-refractivity contribution in [2.24, 2.45) is 0 Å². The van der Waals surface area contributed by atoms with Gasteiger partial charge in [0.25, 0.3) is 0 Å². The third-order valence-electron chi connectivity index (χ3n) is 1.90. The highest BCUT2D eigenvalue weighted by Gasteiger charge is 2.02. The van der Waals surface area contributed by atoms with Gasteiger partial charge in [0.1, 0.15) is 11.6 Å². The Kier molecular flexibility index (Phi) is 1.98. The summed E-state index contributed by atoms with van der Waals surface area (Å²) in [5, 5.41) is 8.72. The Labute approximate surface area is 74.5 Å². The molecule has 0 unspecified atom stereocenters. The molecular weight excluding hydrogens is 171 g/mol. The van der Waals surface area contributed by atoms with Gasteiger partial charge in [-0.15, -0.1) is 0 Å². The lowest BCUT2D eigenvalue weighted by molar-refractivity contribution is 0.296. The SMILES string of the molecule is OCCc1ncc2ccc(F)cn12. The number of aliphatic hydroxyl groups is 1. The van der Waals surface area contributed by atoms with Crippen molar-refractivity contribution in [3.63, 3.8) is 0 Å². The van der Waals surface area contributed by atoms with Crippen LogP contribution in [0.2, 0.25) is 0 Å². The molecule has 3 nitrogen and oxygen atoms in total. The lowest BCUT2D eigenvalue weighted by Gasteiger charge is -1.98. The molecule has 0 radical (unpaired) electrons. The predicted molar refractivity (Wildman–Crippen MR) is 45.9 cm³/mol. The van der Waals surface area contributed by atoms with Gasteiger partial charge >= 0.3 is 0 Å². The molecule has 0 aliphatic rings. The Morgan fingerprint density at radius 2 is 2.31 bits per heavy atom. The van der Waals surface area contributed by atoms with E-state index in [1.165, 1.54) is 12.3 Å². The topological polar surface area (TPSA) is 37.5 Å². The molecule has 13 heavy (non-hydrogen) atoms. The predicted octanol–water partition coefficient (Wildman–Crippen LogP) is 1.01. The summed E-state index contributed by atoms with van der Waals surface area (Å²) in [7, 11) is 0. The molecular formula is C9H9FN2O. The van der Waals surface area contributed by atoms with E-state index >= 15 is 0 Å². The van der Waals surface area contributed by atoms with Crippen molar-refractivity contribution >= 4 is 5.52 Å². The third kappa shape index (κ3) is 1.40. The third-order valence-corrected chi connectivity index (χ3v) is 1.90. The van der Waals surface area contributed by atoms with Crippen LogP contribution in [-0.4, -0.2) is 21.1 Å². The molecule has 0 aliphatic heterocycles. The van der Waals surface area contributed by atoms with Crippen LogP contribution in [0.1, 0.15) is 5.82 Å². The van der Waals surface area contributed by atoms with Gasteiger partial charge in [-0.05, 0) is 12.1 Å². The van der Waals surface area contributed by atoms with E-state index in [-0.39, 0.29) is 12.4 Å². The summed E-state index contributed by atoms with van der Waals surface area (Å²) in [6, 6.07) is 3.04. The summed E-state index contributed by atoms with van der Waals surface area (Å²) in [5.41, 5.74) is 0.838. The second-order valence-corrected chi connectivity index (χ2v) is 2.79. The minimum atomic E-state index is -0.301. The molecule has 0 fully saturated rings. The van der Waals surface area contributed by atoms with Crippen LogP contribution >= 0.6 is 0 Å². The monoisotopic (exact) mass is 180 g/mol. The number of rotatable bonds is 2. The number of aromatic nitrogens is 2. The Hall–Kier alpha value is -1.42. The van der Waals surface area contributed by atoms with Gasteiger partial charge in [0.15, 0.2) is 0 Å². The molecule has 2 aromatic rings. The van der Waals surface area contributed by atoms with Crippen LogP contribution in [0.15, 0.2) is 24.5 Å². The van der Waals surface area contributed by atoms with E-state index in [1.807, 2.05) is 0 Å². The van der Waals surface area contributed by atoms with Crippen molar-refractivity contribution in [3.05, 3.63) is 36.2 Å². The first-order valence-electron chi connectivity index (χ1n) is 4.03. The van der Waals surface area contributed by atoms with Crippen LogP contribution in [0.5, 0.6) is 0 Å². The van der Waals surface area contributed by atoms with E-state index in [0.29, 0.717) is 12.2 Å². The van der Waals surface area contributed by atoms with Crippen LogP contribution in [0.3, 0.4) is 0 Å². The normalized spacial score (nSPS) is 10.9. The van der Waals surface area contributed by atoms with Crippen LogP contribution in [-0.2, 0) is 6.42 Å². The zero-order chi connectivity index (χ0) is 9.26. The van der Waals surface area contributed by atoms with E-state index in [9.17, 15) is 4.39 Å². The Morgan fingerprint density at radius 3 is 3.08 bits per heavy atom. The number of nitrogens with zero attached hydrogens (tertiary/aromatic N) is 2. The molecule has 0 amide bonds. The molecule has 2 rings (SSSR count). The fourth-order valence-corrected chi connectivity index (χ4v) is 1.30. The van der Waals surface area contributed by atoms with E-state index in [4.69, 9.17) is 5.11 Å². The fraction of sp³-hybridized carbons (Fsp3) is 0.222. The summed E-state index contributed by atoms with van der Waals surface area (Å²) in [4.78, 5) is 4.06. The average Bonchev–Trinajstić information content (AvgIpc) is 2.49. The van der Waals surface area contributed by atoms with Crippen molar-refractivity contribution < 1.29 is 9.50 Å². The molecule has 0 spiro atoms. The first-order chi connectivity index (χ1) is 6.31. The van der Waals surface area contributed by atoms with Crippen LogP contribution in [0.4, 0.5) is 4.39 Å². The Morgan fingerprint density at radius 1 is 1.46 bits per heavy atom. The Balaban J connectivity index is 2.58. The smallest absolute Gasteiger partial charge is 0.139 e. The van der Waals surface area contributed by atoms with Gasteiger partial charge in [-0.1, -0.05) is 0 Å². The summed E-state index contributed by atoms with van der Waals surface area (Å²) < 4.78 is 14.5. The standard InChI is InChI=1S/C9H9FN2O/c10-7-1-2-8-5-11-9(3-4-13)12(8)6-7/h1-2,5-6,13H,3-4H2. The summed E-state index contributed by atoms with van der Waals surface area (Å²) in [6.45, 7) is 0.0234. The van der Waals surface area contributed by atoms with Crippen molar-refractivity contribution in [3.8, 4) is 0 Å². The quantitative estimate of drug-likeness (QED) is 0.748. The number of aliphatic hydroxyl groups excluding tert-OH is 1. The lowest BCUT2D eigenvalue weighted by Crippen LogP contribution is -1.98. The maximum absolute atomic E-state index is 12.8. The molecule has 0 atom stereocenters. The number of hydrogen-bond donors (Lipinski definition) is 1. The zero-order valence-corrected chi connectivity index (χ0v) is 6.94. The van der Waals surface area contributed by atoms with Gasteiger partial charge in [-0.2, -0.15) is 0 Å². The highest BCUT2D eigenvalue weighted by Crippen LogP contribution is 2.08. The van der Waals surface area contributed by atoms with E-state index in [2.05, 4.69) is 4.98 Å². The highest BCUT2D eigenvalue weighted by molar-refractivity contribution is 5.45. The van der Waals surface area contributed by atoms with Crippen LogP contribution in [0, 0.1) is 5.82 Å². The number of hydrogen-bond acceptors (Lipinski definition) is 2. The number of fused-ring (bicyclic) bond motifs is 1. The highest BCUT2D eigenvalue weighted by atomic mass is 19.1. The first kappa shape index (κ1) is 8.19. The van der Waals surface area contributed by atoms with Gasteiger partial charge in [0.2, 0.25) is 0 Å². The summed E-state index contributed by atoms with van der Waals surface area (Å²) >= 11 is 0. The minimum absolute atomic E-state index is 0.0234. The van der Waals surface area contributed by atoms with E-state index in [1.54, 1.807) is 16.7 Å². The van der Waals surface area contributed by atoms with Crippen molar-refractivity contribution in [1.29, 1.82) is 0 Å². The molecule has 68 valence electrons. The second kappa shape index (κ2) is 3.14. The number of pyridine rings is 1. The summed E-state index contributed by atoms with van der Waals surface area (Å²) in [6.07, 6.45) is 3.47. The molecule has 0 aliphatic carbocycles. The van der Waals surface area contributed by atoms with Crippen LogP contribution in [0.25, 0.3) is 5.52 Å². The molecule has 4 heteroatoms. The Bertz CT molecular complexity index is 424. The zero-order valence-electron chi connectivity index (χ0n) is 6.94. The molecule has 2 aromatic heterocycles. The van der Waals surface area contributed by atoms with Gasteiger partial charge in [0.05, 0.1) is 18.3 Å². The largest absolute Gasteiger partial charge is 0.396 e. The number of imidazole rings is 1. The van der Waals surface area contributed by atoms with E-state index < -0.39 is 0 Å². The lowest BCUT2D eigenvalue weighted by atomic mass is 10.4. The minimum Gasteiger partial charge on any atom is -0.396 e. The fourth-order valence-electron chi connectivity index (χ4n) is 1.30. The molecule has 2 heterocycles.